The zero-order valence-corrected chi connectivity index (χ0v) is 16.0. The Morgan fingerprint density at radius 2 is 2.03 bits per heavy atom. The molecule has 1 fully saturated rings. The third kappa shape index (κ3) is 3.56. The standard InChI is InChI=1S/C22H21FN4O2/c1-3-21(28)27-11-9-22(29,14-27)18-13-24-20(15-4-6-16(23)7-5-15)12-17(18)19-8-10-26(2)25-19/h3-8,10,12-13,29H,1,9,11,14H2,2H3. The van der Waals surface area contributed by atoms with E-state index in [2.05, 4.69) is 16.7 Å². The Kier molecular flexibility index (Phi) is 4.76. The van der Waals surface area contributed by atoms with Gasteiger partial charge < -0.3 is 10.0 Å². The summed E-state index contributed by atoms with van der Waals surface area (Å²) in [5.41, 5.74) is 2.21. The van der Waals surface area contributed by atoms with Crippen molar-refractivity contribution in [2.24, 2.45) is 7.05 Å². The van der Waals surface area contributed by atoms with Crippen LogP contribution in [-0.2, 0) is 17.4 Å². The molecule has 1 aliphatic rings. The molecule has 1 saturated heterocycles. The zero-order chi connectivity index (χ0) is 20.6. The predicted octanol–water partition coefficient (Wildman–Crippen LogP) is 2.89. The molecule has 1 N–H and O–H groups in total. The number of aromatic nitrogens is 3. The molecule has 0 saturated carbocycles. The number of aryl methyl sites for hydroxylation is 1. The number of hydrogen-bond acceptors (Lipinski definition) is 4. The number of carbonyl (C=O) groups excluding carboxylic acids is 1. The first-order chi connectivity index (χ1) is 13.9. The van der Waals surface area contributed by atoms with E-state index in [1.165, 1.54) is 18.2 Å². The van der Waals surface area contributed by atoms with Crippen LogP contribution >= 0.6 is 0 Å². The van der Waals surface area contributed by atoms with Gasteiger partial charge in [-0.25, -0.2) is 4.39 Å². The van der Waals surface area contributed by atoms with E-state index in [1.54, 1.807) is 27.9 Å². The van der Waals surface area contributed by atoms with E-state index >= 15 is 0 Å². The Hall–Kier alpha value is -3.32. The third-order valence-corrected chi connectivity index (χ3v) is 5.27. The van der Waals surface area contributed by atoms with Crippen LogP contribution in [0.15, 0.2) is 61.4 Å². The molecule has 3 aromatic rings. The first-order valence-electron chi connectivity index (χ1n) is 9.30. The molecule has 0 spiro atoms. The molecule has 4 rings (SSSR count). The minimum atomic E-state index is -1.24. The van der Waals surface area contributed by atoms with Gasteiger partial charge in [-0.3, -0.25) is 14.5 Å². The van der Waals surface area contributed by atoms with E-state index in [1.807, 2.05) is 25.4 Å². The van der Waals surface area contributed by atoms with Crippen LogP contribution in [0.1, 0.15) is 12.0 Å². The summed E-state index contributed by atoms with van der Waals surface area (Å²) in [5, 5.41) is 15.9. The molecule has 1 unspecified atom stereocenters. The fraction of sp³-hybridized carbons (Fsp3) is 0.227. The van der Waals surface area contributed by atoms with Crippen molar-refractivity contribution in [1.82, 2.24) is 19.7 Å². The van der Waals surface area contributed by atoms with E-state index in [4.69, 9.17) is 0 Å². The van der Waals surface area contributed by atoms with Crippen molar-refractivity contribution in [1.29, 1.82) is 0 Å². The van der Waals surface area contributed by atoms with E-state index in [-0.39, 0.29) is 18.3 Å². The van der Waals surface area contributed by atoms with E-state index in [0.717, 1.165) is 11.1 Å². The second-order valence-electron chi connectivity index (χ2n) is 7.24. The van der Waals surface area contributed by atoms with Crippen molar-refractivity contribution in [2.75, 3.05) is 13.1 Å². The summed E-state index contributed by atoms with van der Waals surface area (Å²) in [6.45, 7) is 4.12. The molecule has 6 nitrogen and oxygen atoms in total. The van der Waals surface area contributed by atoms with Crippen LogP contribution in [-0.4, -0.2) is 43.8 Å². The van der Waals surface area contributed by atoms with Crippen LogP contribution in [0.2, 0.25) is 0 Å². The maximum Gasteiger partial charge on any atom is 0.246 e. The summed E-state index contributed by atoms with van der Waals surface area (Å²) >= 11 is 0. The summed E-state index contributed by atoms with van der Waals surface area (Å²) in [4.78, 5) is 18.1. The number of β-amino-alcohol motifs (C(OH)–C–C–N with tert-alkyl or cyclic N) is 1. The molecular formula is C22H21FN4O2. The van der Waals surface area contributed by atoms with Crippen LogP contribution in [0.5, 0.6) is 0 Å². The number of nitrogens with zero attached hydrogens (tertiary/aromatic N) is 4. The quantitative estimate of drug-likeness (QED) is 0.693. The number of aliphatic hydroxyl groups is 1. The van der Waals surface area contributed by atoms with Gasteiger partial charge in [0.2, 0.25) is 5.91 Å². The number of pyridine rings is 1. The average Bonchev–Trinajstić information content (AvgIpc) is 3.34. The molecule has 0 bridgehead atoms. The van der Waals surface area contributed by atoms with Gasteiger partial charge in [0.05, 0.1) is 17.9 Å². The topological polar surface area (TPSA) is 71.2 Å². The van der Waals surface area contributed by atoms with Crippen LogP contribution in [0, 0.1) is 5.82 Å². The van der Waals surface area contributed by atoms with Gasteiger partial charge in [0.15, 0.2) is 0 Å². The van der Waals surface area contributed by atoms with Crippen LogP contribution in [0.4, 0.5) is 4.39 Å². The summed E-state index contributed by atoms with van der Waals surface area (Å²) in [7, 11) is 1.82. The zero-order valence-electron chi connectivity index (χ0n) is 16.0. The lowest BCUT2D eigenvalue weighted by molar-refractivity contribution is -0.126. The van der Waals surface area contributed by atoms with Crippen molar-refractivity contribution in [3.63, 3.8) is 0 Å². The smallest absolute Gasteiger partial charge is 0.246 e. The fourth-order valence-electron chi connectivity index (χ4n) is 3.71. The molecule has 1 atom stereocenters. The number of hydrogen-bond donors (Lipinski definition) is 1. The van der Waals surface area contributed by atoms with Gasteiger partial charge in [0, 0.05) is 42.7 Å². The van der Waals surface area contributed by atoms with Gasteiger partial charge in [0.1, 0.15) is 11.4 Å². The second-order valence-corrected chi connectivity index (χ2v) is 7.24. The minimum absolute atomic E-state index is 0.162. The molecule has 7 heteroatoms. The summed E-state index contributed by atoms with van der Waals surface area (Å²) in [6.07, 6.45) is 5.10. The Bertz CT molecular complexity index is 1080. The summed E-state index contributed by atoms with van der Waals surface area (Å²) < 4.78 is 15.0. The molecule has 2 aromatic heterocycles. The van der Waals surface area contributed by atoms with E-state index in [9.17, 15) is 14.3 Å². The third-order valence-electron chi connectivity index (χ3n) is 5.27. The number of carbonyl (C=O) groups is 1. The lowest BCUT2D eigenvalue weighted by atomic mass is 9.88. The fourth-order valence-corrected chi connectivity index (χ4v) is 3.71. The second kappa shape index (κ2) is 7.25. The Labute approximate surface area is 167 Å². The van der Waals surface area contributed by atoms with Crippen molar-refractivity contribution >= 4 is 5.91 Å². The molecule has 1 aliphatic heterocycles. The number of amides is 1. The first kappa shape index (κ1) is 19.0. The largest absolute Gasteiger partial charge is 0.383 e. The van der Waals surface area contributed by atoms with Gasteiger partial charge in [-0.1, -0.05) is 6.58 Å². The summed E-state index contributed by atoms with van der Waals surface area (Å²) in [5.74, 6) is -0.529. The van der Waals surface area contributed by atoms with E-state index in [0.29, 0.717) is 29.9 Å². The number of likely N-dealkylation sites (tertiary alicyclic amines) is 1. The summed E-state index contributed by atoms with van der Waals surface area (Å²) in [6, 6.07) is 9.80. The van der Waals surface area contributed by atoms with Gasteiger partial charge in [0.25, 0.3) is 0 Å². The lowest BCUT2D eigenvalue weighted by Gasteiger charge is -2.26. The monoisotopic (exact) mass is 392 g/mol. The van der Waals surface area contributed by atoms with Crippen molar-refractivity contribution < 1.29 is 14.3 Å². The Morgan fingerprint density at radius 1 is 1.28 bits per heavy atom. The van der Waals surface area contributed by atoms with Crippen LogP contribution in [0.25, 0.3) is 22.5 Å². The molecule has 1 aromatic carbocycles. The Balaban J connectivity index is 1.80. The maximum absolute atomic E-state index is 13.3. The first-order valence-corrected chi connectivity index (χ1v) is 9.30. The minimum Gasteiger partial charge on any atom is -0.383 e. The van der Waals surface area contributed by atoms with Crippen LogP contribution in [0.3, 0.4) is 0 Å². The van der Waals surface area contributed by atoms with Crippen molar-refractivity contribution in [3.8, 4) is 22.5 Å². The van der Waals surface area contributed by atoms with E-state index < -0.39 is 5.60 Å². The molecule has 0 aliphatic carbocycles. The highest BCUT2D eigenvalue weighted by Crippen LogP contribution is 2.38. The molecule has 3 heterocycles. The van der Waals surface area contributed by atoms with Gasteiger partial charge in [-0.15, -0.1) is 0 Å². The molecule has 1 amide bonds. The van der Waals surface area contributed by atoms with Gasteiger partial charge in [-0.05, 0) is 48.9 Å². The maximum atomic E-state index is 13.3. The number of rotatable bonds is 4. The van der Waals surface area contributed by atoms with Crippen molar-refractivity contribution in [2.45, 2.75) is 12.0 Å². The highest BCUT2D eigenvalue weighted by molar-refractivity contribution is 5.87. The number of halogens is 1. The normalized spacial score (nSPS) is 18.8. The highest BCUT2D eigenvalue weighted by atomic mass is 19.1. The highest BCUT2D eigenvalue weighted by Gasteiger charge is 2.41. The predicted molar refractivity (Wildman–Crippen MR) is 107 cm³/mol. The average molecular weight is 392 g/mol. The Morgan fingerprint density at radius 3 is 2.69 bits per heavy atom. The lowest BCUT2D eigenvalue weighted by Crippen LogP contribution is -2.34. The van der Waals surface area contributed by atoms with Gasteiger partial charge in [-0.2, -0.15) is 5.10 Å². The molecule has 0 radical (unpaired) electrons. The molecule has 29 heavy (non-hydrogen) atoms. The molecule has 148 valence electrons. The van der Waals surface area contributed by atoms with Crippen molar-refractivity contribution in [3.05, 3.63) is 72.8 Å². The SMILES string of the molecule is C=CC(=O)N1CCC(O)(c2cnc(-c3ccc(F)cc3)cc2-c2ccn(C)n2)C1. The number of benzene rings is 1. The molecular weight excluding hydrogens is 371 g/mol. The van der Waals surface area contributed by atoms with Crippen LogP contribution < -0.4 is 0 Å². The van der Waals surface area contributed by atoms with Gasteiger partial charge >= 0.3 is 0 Å².